The molecule has 9 heavy (non-hydrogen) atoms. The van der Waals surface area contributed by atoms with Crippen LogP contribution in [0.2, 0.25) is 0 Å². The molecule has 0 aromatic carbocycles. The van der Waals surface area contributed by atoms with Crippen LogP contribution in [0.15, 0.2) is 0 Å². The minimum Gasteiger partial charge on any atom is -0.316 e. The maximum Gasteiger partial charge on any atom is 0.00137 e. The van der Waals surface area contributed by atoms with Gasteiger partial charge in [0.2, 0.25) is 0 Å². The number of nitrogens with one attached hydrogen (secondary N) is 1. The molecule has 0 aromatic heterocycles. The Hall–Kier alpha value is -0.0400. The smallest absolute Gasteiger partial charge is 0.00137 e. The number of rotatable bonds is 0. The number of hydrogen-bond acceptors (Lipinski definition) is 1. The third-order valence-corrected chi connectivity index (χ3v) is 2.62. The van der Waals surface area contributed by atoms with Crippen molar-refractivity contribution in [1.82, 2.24) is 5.32 Å². The van der Waals surface area contributed by atoms with E-state index < -0.39 is 0 Å². The molecule has 2 bridgehead atoms. The molecular weight excluding hydrogens is 110 g/mol. The van der Waals surface area contributed by atoms with Gasteiger partial charge in [-0.05, 0) is 44.1 Å². The maximum absolute atomic E-state index is 3.47. The van der Waals surface area contributed by atoms with Crippen LogP contribution < -0.4 is 5.32 Å². The van der Waals surface area contributed by atoms with Gasteiger partial charge in [0.05, 0.1) is 0 Å². The lowest BCUT2D eigenvalue weighted by molar-refractivity contribution is 0.411. The predicted molar refractivity (Wildman–Crippen MR) is 38.1 cm³/mol. The molecule has 3 fully saturated rings. The fourth-order valence-electron chi connectivity index (χ4n) is 1.92. The zero-order chi connectivity index (χ0) is 6.10. The van der Waals surface area contributed by atoms with Gasteiger partial charge in [-0.15, -0.1) is 0 Å². The summed E-state index contributed by atoms with van der Waals surface area (Å²) in [5.41, 5.74) is 0. The predicted octanol–water partition coefficient (Wildman–Crippen LogP) is 1.35. The first-order valence-corrected chi connectivity index (χ1v) is 3.99. The first-order chi connectivity index (χ1) is 4.45. The largest absolute Gasteiger partial charge is 0.316 e. The van der Waals surface area contributed by atoms with Crippen molar-refractivity contribution < 1.29 is 0 Å². The van der Waals surface area contributed by atoms with Crippen molar-refractivity contribution in [3.05, 3.63) is 5.92 Å². The molecule has 1 radical (unpaired) electrons. The highest BCUT2D eigenvalue weighted by Crippen LogP contribution is 2.31. The monoisotopic (exact) mass is 124 g/mol. The van der Waals surface area contributed by atoms with Gasteiger partial charge in [-0.25, -0.2) is 0 Å². The average molecular weight is 124 g/mol. The molecule has 3 aliphatic rings. The molecule has 1 nitrogen and oxygen atoms in total. The molecule has 51 valence electrons. The Labute approximate surface area is 56.8 Å². The van der Waals surface area contributed by atoms with Crippen molar-refractivity contribution in [3.63, 3.8) is 0 Å². The second kappa shape index (κ2) is 2.30. The molecule has 0 unspecified atom stereocenters. The lowest BCUT2D eigenvalue weighted by Gasteiger charge is -2.20. The Balaban J connectivity index is 2.03. The summed E-state index contributed by atoms with van der Waals surface area (Å²) >= 11 is 0. The van der Waals surface area contributed by atoms with E-state index in [9.17, 15) is 0 Å². The van der Waals surface area contributed by atoms with E-state index in [2.05, 4.69) is 5.32 Å². The van der Waals surface area contributed by atoms with E-state index in [0.29, 0.717) is 0 Å². The molecule has 3 rings (SSSR count). The van der Waals surface area contributed by atoms with Crippen molar-refractivity contribution in [3.8, 4) is 0 Å². The van der Waals surface area contributed by atoms with Crippen molar-refractivity contribution >= 4 is 0 Å². The van der Waals surface area contributed by atoms with Crippen LogP contribution in [0.4, 0.5) is 0 Å². The van der Waals surface area contributed by atoms with Crippen LogP contribution in [0.25, 0.3) is 0 Å². The first kappa shape index (κ1) is 5.72. The summed E-state index contributed by atoms with van der Waals surface area (Å²) in [5, 5.41) is 3.47. The molecule has 1 heteroatoms. The van der Waals surface area contributed by atoms with E-state index in [1.54, 1.807) is 5.92 Å². The normalized spacial score (nSPS) is 30.7. The van der Waals surface area contributed by atoms with Gasteiger partial charge >= 0.3 is 0 Å². The zero-order valence-electron chi connectivity index (χ0n) is 5.82. The quantitative estimate of drug-likeness (QED) is 0.514. The van der Waals surface area contributed by atoms with Crippen molar-refractivity contribution in [1.29, 1.82) is 0 Å². The molecular formula is C8H14N. The summed E-state index contributed by atoms with van der Waals surface area (Å²) < 4.78 is 0. The number of hydrogen-bond donors (Lipinski definition) is 1. The molecule has 0 amide bonds. The Bertz CT molecular complexity index is 75.2. The van der Waals surface area contributed by atoms with Gasteiger partial charge in [0.15, 0.2) is 0 Å². The lowest BCUT2D eigenvalue weighted by Crippen LogP contribution is -2.18. The van der Waals surface area contributed by atoms with Crippen LogP contribution in [0, 0.1) is 11.8 Å². The van der Waals surface area contributed by atoms with Crippen LogP contribution >= 0.6 is 0 Å². The van der Waals surface area contributed by atoms with Crippen LogP contribution in [-0.4, -0.2) is 13.1 Å². The molecule has 2 saturated heterocycles. The Morgan fingerprint density at radius 3 is 2.78 bits per heavy atom. The SMILES string of the molecule is C1CC2CC[C]1CNC2. The molecule has 0 spiro atoms. The molecule has 1 saturated carbocycles. The van der Waals surface area contributed by atoms with E-state index >= 15 is 0 Å². The topological polar surface area (TPSA) is 12.0 Å². The third-order valence-electron chi connectivity index (χ3n) is 2.62. The summed E-state index contributed by atoms with van der Waals surface area (Å²) in [7, 11) is 0. The van der Waals surface area contributed by atoms with E-state index in [0.717, 1.165) is 5.92 Å². The average Bonchev–Trinajstić information content (AvgIpc) is 2.21. The van der Waals surface area contributed by atoms with Crippen LogP contribution in [0.1, 0.15) is 25.7 Å². The fourth-order valence-corrected chi connectivity index (χ4v) is 1.92. The standard InChI is InChI=1S/C8H14N/c1-2-8-4-3-7(1)5-9-6-8/h7,9H,1-6H2. The van der Waals surface area contributed by atoms with E-state index in [1.165, 1.54) is 38.8 Å². The molecule has 0 aromatic rings. The first-order valence-electron chi connectivity index (χ1n) is 3.99. The fraction of sp³-hybridized carbons (Fsp3) is 0.875. The second-order valence-electron chi connectivity index (χ2n) is 3.32. The van der Waals surface area contributed by atoms with Gasteiger partial charge in [-0.3, -0.25) is 0 Å². The summed E-state index contributed by atoms with van der Waals surface area (Å²) in [6, 6.07) is 0. The van der Waals surface area contributed by atoms with Gasteiger partial charge in [-0.1, -0.05) is 0 Å². The minimum absolute atomic E-state index is 1.01. The number of fused-ring (bicyclic) bond motifs is 4. The van der Waals surface area contributed by atoms with Crippen molar-refractivity contribution in [2.45, 2.75) is 25.7 Å². The molecule has 0 atom stereocenters. The molecule has 1 N–H and O–H groups in total. The maximum atomic E-state index is 3.47. The van der Waals surface area contributed by atoms with Crippen LogP contribution in [0.5, 0.6) is 0 Å². The Kier molecular flexibility index (Phi) is 1.46. The molecule has 2 heterocycles. The summed E-state index contributed by atoms with van der Waals surface area (Å²) in [6.45, 7) is 2.50. The summed E-state index contributed by atoms with van der Waals surface area (Å²) in [6.07, 6.45) is 5.75. The van der Waals surface area contributed by atoms with Gasteiger partial charge < -0.3 is 5.32 Å². The van der Waals surface area contributed by atoms with Gasteiger partial charge in [0.1, 0.15) is 0 Å². The highest BCUT2D eigenvalue weighted by Gasteiger charge is 2.24. The minimum atomic E-state index is 1.01. The second-order valence-corrected chi connectivity index (χ2v) is 3.32. The van der Waals surface area contributed by atoms with Gasteiger partial charge in [0.25, 0.3) is 0 Å². The van der Waals surface area contributed by atoms with E-state index in [4.69, 9.17) is 0 Å². The third kappa shape index (κ3) is 1.11. The van der Waals surface area contributed by atoms with Crippen molar-refractivity contribution in [2.24, 2.45) is 5.92 Å². The van der Waals surface area contributed by atoms with Crippen LogP contribution in [-0.2, 0) is 0 Å². The van der Waals surface area contributed by atoms with E-state index in [1.807, 2.05) is 0 Å². The Morgan fingerprint density at radius 1 is 1.22 bits per heavy atom. The zero-order valence-corrected chi connectivity index (χ0v) is 5.82. The van der Waals surface area contributed by atoms with Gasteiger partial charge in [-0.2, -0.15) is 0 Å². The van der Waals surface area contributed by atoms with Gasteiger partial charge in [0, 0.05) is 6.54 Å². The highest BCUT2D eigenvalue weighted by atomic mass is 14.9. The molecule has 1 aliphatic carbocycles. The van der Waals surface area contributed by atoms with E-state index in [-0.39, 0.29) is 0 Å². The van der Waals surface area contributed by atoms with Crippen molar-refractivity contribution in [2.75, 3.05) is 13.1 Å². The summed E-state index contributed by atoms with van der Waals surface area (Å²) in [5.74, 6) is 2.78. The summed E-state index contributed by atoms with van der Waals surface area (Å²) in [4.78, 5) is 0. The lowest BCUT2D eigenvalue weighted by atomic mass is 9.84. The molecule has 2 aliphatic heterocycles. The van der Waals surface area contributed by atoms with Crippen LogP contribution in [0.3, 0.4) is 0 Å². The highest BCUT2D eigenvalue weighted by molar-refractivity contribution is 4.99. The Morgan fingerprint density at radius 2 is 2.00 bits per heavy atom.